The average molecular weight is 487 g/mol. The summed E-state index contributed by atoms with van der Waals surface area (Å²) in [5, 5.41) is 4.98. The summed E-state index contributed by atoms with van der Waals surface area (Å²) >= 11 is 0. The highest BCUT2D eigenvalue weighted by molar-refractivity contribution is 7.84. The van der Waals surface area contributed by atoms with Gasteiger partial charge in [-0.05, 0) is 86.8 Å². The predicted octanol–water partition coefficient (Wildman–Crippen LogP) is 2.78. The minimum Gasteiger partial charge on any atom is -0.375 e. The number of hydrogen-bond acceptors (Lipinski definition) is 6. The Morgan fingerprint density at radius 1 is 1.06 bits per heavy atom. The van der Waals surface area contributed by atoms with Crippen LogP contribution < -0.4 is 14.2 Å². The molecule has 0 atom stereocenters. The third-order valence-electron chi connectivity index (χ3n) is 6.64. The van der Waals surface area contributed by atoms with Gasteiger partial charge in [-0.25, -0.2) is 0 Å². The van der Waals surface area contributed by atoms with Crippen LogP contribution in [0.2, 0.25) is 0 Å². The quantitative estimate of drug-likeness (QED) is 0.616. The van der Waals surface area contributed by atoms with Crippen molar-refractivity contribution in [3.63, 3.8) is 0 Å². The fourth-order valence-corrected chi connectivity index (χ4v) is 5.17. The Hall–Kier alpha value is -2.62. The molecule has 2 heterocycles. The standard InChI is InChI=1S/C25H34N4O4S/c1-27(12-6-15-28-13-3-2-4-14-28)23-8-5-7-21(17-23)25(30)29-16-11-20-9-10-24(18-22(20)19-29)33-34(26,31)32/h5,7-10,17-18H,2-4,6,11-16,19H2,1H3,(H2,26,31,32). The number of nitrogens with zero attached hydrogens (tertiary/aromatic N) is 3. The van der Waals surface area contributed by atoms with E-state index in [1.165, 1.54) is 32.4 Å². The van der Waals surface area contributed by atoms with E-state index >= 15 is 0 Å². The van der Waals surface area contributed by atoms with Crippen molar-refractivity contribution in [2.24, 2.45) is 5.14 Å². The van der Waals surface area contributed by atoms with Crippen LogP contribution in [-0.2, 0) is 23.3 Å². The normalized spacial score (nSPS) is 16.7. The number of benzene rings is 2. The molecule has 1 fully saturated rings. The highest BCUT2D eigenvalue weighted by atomic mass is 32.2. The Bertz CT molecular complexity index is 1120. The zero-order chi connectivity index (χ0) is 24.1. The van der Waals surface area contributed by atoms with Crippen LogP contribution in [0.25, 0.3) is 0 Å². The molecule has 0 unspecified atom stereocenters. The summed E-state index contributed by atoms with van der Waals surface area (Å²) in [7, 11) is -2.02. The van der Waals surface area contributed by atoms with Gasteiger partial charge in [0.05, 0.1) is 0 Å². The van der Waals surface area contributed by atoms with Gasteiger partial charge >= 0.3 is 10.3 Å². The maximum atomic E-state index is 13.3. The Morgan fingerprint density at radius 3 is 2.62 bits per heavy atom. The average Bonchev–Trinajstić information content (AvgIpc) is 2.83. The van der Waals surface area contributed by atoms with Crippen LogP contribution in [0, 0.1) is 0 Å². The lowest BCUT2D eigenvalue weighted by molar-refractivity contribution is 0.0734. The van der Waals surface area contributed by atoms with E-state index in [-0.39, 0.29) is 11.7 Å². The zero-order valence-corrected chi connectivity index (χ0v) is 20.6. The van der Waals surface area contributed by atoms with Crippen molar-refractivity contribution < 1.29 is 17.4 Å². The van der Waals surface area contributed by atoms with Crippen molar-refractivity contribution >= 4 is 21.9 Å². The number of rotatable bonds is 8. The van der Waals surface area contributed by atoms with Crippen molar-refractivity contribution in [1.29, 1.82) is 0 Å². The second kappa shape index (κ2) is 10.8. The van der Waals surface area contributed by atoms with Crippen molar-refractivity contribution in [2.75, 3.05) is 44.7 Å². The van der Waals surface area contributed by atoms with Gasteiger partial charge < -0.3 is 18.9 Å². The van der Waals surface area contributed by atoms with Gasteiger partial charge in [-0.1, -0.05) is 18.6 Å². The molecule has 0 aromatic heterocycles. The van der Waals surface area contributed by atoms with E-state index in [2.05, 4.69) is 16.8 Å². The van der Waals surface area contributed by atoms with E-state index < -0.39 is 10.3 Å². The number of carbonyl (C=O) groups excluding carboxylic acids is 1. The van der Waals surface area contributed by atoms with E-state index in [9.17, 15) is 13.2 Å². The highest BCUT2D eigenvalue weighted by Gasteiger charge is 2.23. The molecule has 0 radical (unpaired) electrons. The minimum absolute atomic E-state index is 0.0352. The molecule has 9 heteroatoms. The smallest absolute Gasteiger partial charge is 0.375 e. The lowest BCUT2D eigenvalue weighted by Crippen LogP contribution is -2.36. The van der Waals surface area contributed by atoms with Crippen LogP contribution in [0.15, 0.2) is 42.5 Å². The van der Waals surface area contributed by atoms with Gasteiger partial charge in [0.25, 0.3) is 5.91 Å². The molecule has 2 aromatic carbocycles. The molecule has 8 nitrogen and oxygen atoms in total. The molecular weight excluding hydrogens is 452 g/mol. The lowest BCUT2D eigenvalue weighted by Gasteiger charge is -2.30. The molecule has 1 amide bonds. The zero-order valence-electron chi connectivity index (χ0n) is 19.8. The number of carbonyl (C=O) groups is 1. The maximum absolute atomic E-state index is 13.3. The molecule has 2 aliphatic rings. The van der Waals surface area contributed by atoms with Gasteiger partial charge in [0.2, 0.25) is 0 Å². The molecule has 34 heavy (non-hydrogen) atoms. The fraction of sp³-hybridized carbons (Fsp3) is 0.480. The van der Waals surface area contributed by atoms with Crippen molar-refractivity contribution in [1.82, 2.24) is 9.80 Å². The van der Waals surface area contributed by atoms with E-state index in [4.69, 9.17) is 9.32 Å². The lowest BCUT2D eigenvalue weighted by atomic mass is 9.98. The van der Waals surface area contributed by atoms with Crippen LogP contribution in [0.3, 0.4) is 0 Å². The number of nitrogens with two attached hydrogens (primary N) is 1. The first-order valence-electron chi connectivity index (χ1n) is 12.0. The van der Waals surface area contributed by atoms with Crippen molar-refractivity contribution in [3.05, 3.63) is 59.2 Å². The van der Waals surface area contributed by atoms with Crippen molar-refractivity contribution in [3.8, 4) is 5.75 Å². The Labute approximate surface area is 202 Å². The third-order valence-corrected chi connectivity index (χ3v) is 7.06. The predicted molar refractivity (Wildman–Crippen MR) is 133 cm³/mol. The minimum atomic E-state index is -4.09. The summed E-state index contributed by atoms with van der Waals surface area (Å²) in [6.07, 6.45) is 5.76. The van der Waals surface area contributed by atoms with Crippen LogP contribution in [0.1, 0.15) is 47.2 Å². The summed E-state index contributed by atoms with van der Waals surface area (Å²) in [5.41, 5.74) is 3.63. The molecule has 2 N–H and O–H groups in total. The van der Waals surface area contributed by atoms with Gasteiger partial charge in [0.15, 0.2) is 0 Å². The molecule has 2 aromatic rings. The molecule has 0 spiro atoms. The second-order valence-electron chi connectivity index (χ2n) is 9.21. The number of piperidine rings is 1. The Morgan fingerprint density at radius 2 is 1.85 bits per heavy atom. The van der Waals surface area contributed by atoms with Gasteiger partial charge in [0.1, 0.15) is 5.75 Å². The SMILES string of the molecule is CN(CCCN1CCCCC1)c1cccc(C(=O)N2CCc3ccc(OS(N)(=O)=O)cc3C2)c1. The summed E-state index contributed by atoms with van der Waals surface area (Å²) in [5.74, 6) is 0.121. The van der Waals surface area contributed by atoms with Gasteiger partial charge in [-0.3, -0.25) is 4.79 Å². The first-order chi connectivity index (χ1) is 16.3. The molecule has 0 aliphatic carbocycles. The molecular formula is C25H34N4O4S. The van der Waals surface area contributed by atoms with E-state index in [1.807, 2.05) is 30.3 Å². The molecule has 184 valence electrons. The van der Waals surface area contributed by atoms with Crippen LogP contribution in [0.4, 0.5) is 5.69 Å². The highest BCUT2D eigenvalue weighted by Crippen LogP contribution is 2.26. The summed E-state index contributed by atoms with van der Waals surface area (Å²) < 4.78 is 27.3. The number of fused-ring (bicyclic) bond motifs is 1. The van der Waals surface area contributed by atoms with Gasteiger partial charge in [-0.2, -0.15) is 13.6 Å². The summed E-state index contributed by atoms with van der Waals surface area (Å²) in [6.45, 7) is 5.49. The molecule has 0 saturated carbocycles. The first-order valence-corrected chi connectivity index (χ1v) is 13.4. The van der Waals surface area contributed by atoms with E-state index in [0.717, 1.165) is 36.3 Å². The Kier molecular flexibility index (Phi) is 7.75. The number of likely N-dealkylation sites (tertiary alicyclic amines) is 1. The number of amides is 1. The summed E-state index contributed by atoms with van der Waals surface area (Å²) in [6, 6.07) is 12.8. The van der Waals surface area contributed by atoms with Crippen LogP contribution in [-0.4, -0.2) is 63.9 Å². The van der Waals surface area contributed by atoms with Gasteiger partial charge in [0, 0.05) is 37.9 Å². The topological polar surface area (TPSA) is 96.2 Å². The molecule has 4 rings (SSSR count). The van der Waals surface area contributed by atoms with E-state index in [0.29, 0.717) is 25.1 Å². The van der Waals surface area contributed by atoms with Crippen LogP contribution >= 0.6 is 0 Å². The first kappa shape index (κ1) is 24.5. The molecule has 1 saturated heterocycles. The van der Waals surface area contributed by atoms with Crippen molar-refractivity contribution in [2.45, 2.75) is 38.6 Å². The number of anilines is 1. The maximum Gasteiger partial charge on any atom is 0.380 e. The summed E-state index contributed by atoms with van der Waals surface area (Å²) in [4.78, 5) is 19.8. The largest absolute Gasteiger partial charge is 0.380 e. The monoisotopic (exact) mass is 486 g/mol. The molecule has 2 aliphatic heterocycles. The van der Waals surface area contributed by atoms with Gasteiger partial charge in [-0.15, -0.1) is 0 Å². The van der Waals surface area contributed by atoms with Crippen LogP contribution in [0.5, 0.6) is 5.75 Å². The third kappa shape index (κ3) is 6.49. The molecule has 0 bridgehead atoms. The fourth-order valence-electron chi connectivity index (χ4n) is 4.80. The number of hydrogen-bond donors (Lipinski definition) is 1. The Balaban J connectivity index is 1.38. The van der Waals surface area contributed by atoms with E-state index in [1.54, 1.807) is 17.0 Å². The second-order valence-corrected chi connectivity index (χ2v) is 10.4.